The minimum absolute atomic E-state index is 0.293. The summed E-state index contributed by atoms with van der Waals surface area (Å²) in [6, 6.07) is 3.34. The van der Waals surface area contributed by atoms with Gasteiger partial charge in [-0.15, -0.1) is 0 Å². The van der Waals surface area contributed by atoms with Crippen LogP contribution >= 0.6 is 0 Å². The molecule has 122 valence electrons. The standard InChI is InChI=1S/C16H16N6O2/c17-13(23)12-4-2-6-22(12)16-20-11(15(24)21-16)7-9-8-19-14-10(9)3-1-5-18-14/h1,3,5,7-8,12H,2,4,6H2,(H2,17,23)(H,18,19)(H,20,21,24)/t12-/m0/s1. The van der Waals surface area contributed by atoms with Crippen molar-refractivity contribution in [2.24, 2.45) is 10.7 Å². The maximum Gasteiger partial charge on any atom is 0.276 e. The number of aliphatic imine (C=N–C) groups is 1. The topological polar surface area (TPSA) is 116 Å². The fourth-order valence-corrected chi connectivity index (χ4v) is 3.15. The first-order chi connectivity index (χ1) is 11.6. The van der Waals surface area contributed by atoms with Crippen LogP contribution in [-0.4, -0.2) is 45.2 Å². The molecule has 2 aromatic rings. The van der Waals surface area contributed by atoms with Gasteiger partial charge in [-0.3, -0.25) is 14.9 Å². The molecule has 2 amide bonds. The molecule has 2 aliphatic rings. The number of aromatic amines is 1. The highest BCUT2D eigenvalue weighted by molar-refractivity contribution is 6.14. The Morgan fingerprint density at radius 2 is 2.33 bits per heavy atom. The molecule has 0 spiro atoms. The summed E-state index contributed by atoms with van der Waals surface area (Å²) in [4.78, 5) is 37.1. The second-order valence-corrected chi connectivity index (χ2v) is 5.82. The summed E-state index contributed by atoms with van der Waals surface area (Å²) in [5.74, 6) is -0.298. The molecule has 0 saturated carbocycles. The maximum absolute atomic E-state index is 12.2. The number of guanidine groups is 1. The van der Waals surface area contributed by atoms with Gasteiger partial charge in [0.15, 0.2) is 0 Å². The third-order valence-electron chi connectivity index (χ3n) is 4.31. The fourth-order valence-electron chi connectivity index (χ4n) is 3.15. The van der Waals surface area contributed by atoms with E-state index in [9.17, 15) is 9.59 Å². The van der Waals surface area contributed by atoms with E-state index in [0.29, 0.717) is 24.6 Å². The zero-order valence-corrected chi connectivity index (χ0v) is 12.8. The predicted molar refractivity (Wildman–Crippen MR) is 88.6 cm³/mol. The number of primary amides is 1. The number of aromatic nitrogens is 2. The lowest BCUT2D eigenvalue weighted by molar-refractivity contribution is -0.121. The van der Waals surface area contributed by atoms with Crippen LogP contribution < -0.4 is 11.1 Å². The number of carbonyl (C=O) groups is 2. The summed E-state index contributed by atoms with van der Waals surface area (Å²) < 4.78 is 0. The van der Waals surface area contributed by atoms with E-state index in [0.717, 1.165) is 23.0 Å². The zero-order chi connectivity index (χ0) is 16.7. The van der Waals surface area contributed by atoms with Crippen LogP contribution in [0.3, 0.4) is 0 Å². The molecule has 4 heterocycles. The van der Waals surface area contributed by atoms with Crippen LogP contribution in [0.15, 0.2) is 35.2 Å². The molecule has 1 saturated heterocycles. The Bertz CT molecular complexity index is 897. The maximum atomic E-state index is 12.2. The van der Waals surface area contributed by atoms with Crippen LogP contribution in [0.4, 0.5) is 0 Å². The number of amides is 2. The number of nitrogens with one attached hydrogen (secondary N) is 2. The van der Waals surface area contributed by atoms with Gasteiger partial charge in [-0.25, -0.2) is 9.98 Å². The number of pyridine rings is 1. The van der Waals surface area contributed by atoms with Crippen molar-refractivity contribution in [3.63, 3.8) is 0 Å². The highest BCUT2D eigenvalue weighted by Crippen LogP contribution is 2.23. The Kier molecular flexibility index (Phi) is 3.30. The quantitative estimate of drug-likeness (QED) is 0.691. The zero-order valence-electron chi connectivity index (χ0n) is 12.8. The number of nitrogens with two attached hydrogens (primary N) is 1. The second kappa shape index (κ2) is 5.48. The Labute approximate surface area is 137 Å². The van der Waals surface area contributed by atoms with Crippen LogP contribution in [-0.2, 0) is 9.59 Å². The van der Waals surface area contributed by atoms with E-state index in [1.807, 2.05) is 12.1 Å². The molecule has 0 unspecified atom stereocenters. The molecule has 0 bridgehead atoms. The van der Waals surface area contributed by atoms with E-state index in [-0.39, 0.29) is 5.91 Å². The van der Waals surface area contributed by atoms with Gasteiger partial charge in [0.2, 0.25) is 11.9 Å². The van der Waals surface area contributed by atoms with E-state index in [4.69, 9.17) is 5.73 Å². The van der Waals surface area contributed by atoms with Crippen LogP contribution in [0.25, 0.3) is 17.1 Å². The van der Waals surface area contributed by atoms with Crippen molar-refractivity contribution in [2.45, 2.75) is 18.9 Å². The SMILES string of the molecule is NC(=O)[C@@H]1CCCN1C1=NC(=Cc2c[nH]c3ncccc23)C(=O)N1. The first kappa shape index (κ1) is 14.4. The summed E-state index contributed by atoms with van der Waals surface area (Å²) in [5, 5.41) is 3.64. The largest absolute Gasteiger partial charge is 0.368 e. The van der Waals surface area contributed by atoms with E-state index in [1.165, 1.54) is 0 Å². The number of carbonyl (C=O) groups excluding carboxylic acids is 2. The van der Waals surface area contributed by atoms with Gasteiger partial charge >= 0.3 is 0 Å². The van der Waals surface area contributed by atoms with Crippen LogP contribution in [0.1, 0.15) is 18.4 Å². The number of nitrogens with zero attached hydrogens (tertiary/aromatic N) is 3. The molecule has 1 atom stereocenters. The Balaban J connectivity index is 1.67. The summed E-state index contributed by atoms with van der Waals surface area (Å²) in [6.07, 6.45) is 6.71. The smallest absolute Gasteiger partial charge is 0.276 e. The van der Waals surface area contributed by atoms with Gasteiger partial charge in [0.25, 0.3) is 5.91 Å². The van der Waals surface area contributed by atoms with Gasteiger partial charge in [0.05, 0.1) is 0 Å². The number of hydrogen-bond acceptors (Lipinski definition) is 5. The lowest BCUT2D eigenvalue weighted by atomic mass is 10.2. The molecule has 8 nitrogen and oxygen atoms in total. The van der Waals surface area contributed by atoms with Crippen LogP contribution in [0.5, 0.6) is 0 Å². The molecule has 0 aromatic carbocycles. The van der Waals surface area contributed by atoms with Gasteiger partial charge in [-0.05, 0) is 31.1 Å². The van der Waals surface area contributed by atoms with Gasteiger partial charge in [0.1, 0.15) is 17.4 Å². The van der Waals surface area contributed by atoms with Crippen molar-refractivity contribution in [3.05, 3.63) is 35.8 Å². The molecule has 24 heavy (non-hydrogen) atoms. The molecule has 4 N–H and O–H groups in total. The number of rotatable bonds is 2. The normalized spacial score (nSPS) is 22.2. The van der Waals surface area contributed by atoms with E-state index in [2.05, 4.69) is 20.3 Å². The first-order valence-electron chi connectivity index (χ1n) is 7.73. The molecule has 2 aromatic heterocycles. The van der Waals surface area contributed by atoms with Crippen molar-refractivity contribution >= 4 is 34.9 Å². The Morgan fingerprint density at radius 3 is 3.17 bits per heavy atom. The summed E-state index contributed by atoms with van der Waals surface area (Å²) in [7, 11) is 0. The summed E-state index contributed by atoms with van der Waals surface area (Å²) >= 11 is 0. The second-order valence-electron chi connectivity index (χ2n) is 5.82. The van der Waals surface area contributed by atoms with Gasteiger partial charge in [-0.1, -0.05) is 0 Å². The molecule has 4 rings (SSSR count). The Hall–Kier alpha value is -3.16. The lowest BCUT2D eigenvalue weighted by Crippen LogP contribution is -2.48. The van der Waals surface area contributed by atoms with Crippen molar-refractivity contribution in [1.82, 2.24) is 20.2 Å². The average Bonchev–Trinajstić information content (AvgIpc) is 3.27. The molecular formula is C16H16N6O2. The molecule has 1 fully saturated rings. The number of hydrogen-bond donors (Lipinski definition) is 3. The monoisotopic (exact) mass is 324 g/mol. The van der Waals surface area contributed by atoms with Crippen molar-refractivity contribution in [3.8, 4) is 0 Å². The van der Waals surface area contributed by atoms with E-state index in [1.54, 1.807) is 23.4 Å². The number of likely N-dealkylation sites (tertiary alicyclic amines) is 1. The number of H-pyrrole nitrogens is 1. The lowest BCUT2D eigenvalue weighted by Gasteiger charge is -2.22. The van der Waals surface area contributed by atoms with Gasteiger partial charge in [0, 0.05) is 29.9 Å². The fraction of sp³-hybridized carbons (Fsp3) is 0.250. The minimum atomic E-state index is -0.416. The van der Waals surface area contributed by atoms with E-state index >= 15 is 0 Å². The summed E-state index contributed by atoms with van der Waals surface area (Å²) in [5.41, 5.74) is 7.30. The average molecular weight is 324 g/mol. The number of fused-ring (bicyclic) bond motifs is 1. The minimum Gasteiger partial charge on any atom is -0.368 e. The van der Waals surface area contributed by atoms with Crippen molar-refractivity contribution in [2.75, 3.05) is 6.54 Å². The third kappa shape index (κ3) is 2.32. The predicted octanol–water partition coefficient (Wildman–Crippen LogP) is 0.339. The van der Waals surface area contributed by atoms with Crippen LogP contribution in [0, 0.1) is 0 Å². The van der Waals surface area contributed by atoms with Gasteiger partial charge in [-0.2, -0.15) is 0 Å². The molecule has 2 aliphatic heterocycles. The van der Waals surface area contributed by atoms with E-state index < -0.39 is 11.9 Å². The highest BCUT2D eigenvalue weighted by atomic mass is 16.2. The molecule has 8 heteroatoms. The molecular weight excluding hydrogens is 308 g/mol. The van der Waals surface area contributed by atoms with Gasteiger partial charge < -0.3 is 15.6 Å². The highest BCUT2D eigenvalue weighted by Gasteiger charge is 2.35. The third-order valence-corrected chi connectivity index (χ3v) is 4.31. The molecule has 0 radical (unpaired) electrons. The van der Waals surface area contributed by atoms with Crippen molar-refractivity contribution < 1.29 is 9.59 Å². The first-order valence-corrected chi connectivity index (χ1v) is 7.73. The van der Waals surface area contributed by atoms with Crippen molar-refractivity contribution in [1.29, 1.82) is 0 Å². The summed E-state index contributed by atoms with van der Waals surface area (Å²) in [6.45, 7) is 0.650. The Morgan fingerprint density at radius 1 is 1.46 bits per heavy atom. The molecule has 0 aliphatic carbocycles. The van der Waals surface area contributed by atoms with Crippen LogP contribution in [0.2, 0.25) is 0 Å².